The van der Waals surface area contributed by atoms with Crippen LogP contribution in [0.15, 0.2) is 234 Å². The number of nitrogens with zero attached hydrogens (tertiary/aromatic N) is 3. The molecule has 5 heteroatoms. The van der Waals surface area contributed by atoms with Crippen molar-refractivity contribution in [3.8, 4) is 56.3 Å². The topological polar surface area (TPSA) is 55.3 Å². The lowest BCUT2D eigenvalue weighted by Gasteiger charge is -2.26. The van der Waals surface area contributed by atoms with E-state index in [1.807, 2.05) is 60.7 Å². The minimum Gasteiger partial charge on any atom is -0.436 e. The SMILES string of the molecule is C=C/C=C\C=C\c1cc(-c2ccccc2)cc(-c2ccccc2)c1-c1ccc(N(c2ccc(-c3nc4ccccc4o3)cc2)c2ccc(-c3nc4ccccc4o3)cc2)cc1. The fraction of sp³-hybridized carbons (Fsp3) is 0. The number of aromatic nitrogens is 2. The minimum absolute atomic E-state index is 0.587. The van der Waals surface area contributed by atoms with Crippen molar-refractivity contribution in [1.82, 2.24) is 9.97 Å². The maximum atomic E-state index is 6.12. The molecule has 61 heavy (non-hydrogen) atoms. The third kappa shape index (κ3) is 7.60. The second-order valence-electron chi connectivity index (χ2n) is 14.6. The molecule has 0 aliphatic carbocycles. The van der Waals surface area contributed by atoms with Crippen LogP contribution in [0.4, 0.5) is 17.1 Å². The smallest absolute Gasteiger partial charge is 0.227 e. The molecule has 0 aliphatic rings. The highest BCUT2D eigenvalue weighted by atomic mass is 16.4. The van der Waals surface area contributed by atoms with E-state index in [9.17, 15) is 0 Å². The molecule has 8 aromatic carbocycles. The average molecular weight is 786 g/mol. The first kappa shape index (κ1) is 37.0. The van der Waals surface area contributed by atoms with Gasteiger partial charge in [-0.3, -0.25) is 0 Å². The quantitative estimate of drug-likeness (QED) is 0.122. The summed E-state index contributed by atoms with van der Waals surface area (Å²) >= 11 is 0. The van der Waals surface area contributed by atoms with Gasteiger partial charge in [0.2, 0.25) is 11.8 Å². The van der Waals surface area contributed by atoms with Crippen molar-refractivity contribution < 1.29 is 8.83 Å². The molecule has 0 saturated heterocycles. The molecule has 0 N–H and O–H groups in total. The van der Waals surface area contributed by atoms with E-state index >= 15 is 0 Å². The Morgan fingerprint density at radius 2 is 0.885 bits per heavy atom. The van der Waals surface area contributed by atoms with Crippen molar-refractivity contribution in [3.05, 3.63) is 231 Å². The van der Waals surface area contributed by atoms with Crippen LogP contribution in [-0.2, 0) is 0 Å². The monoisotopic (exact) mass is 785 g/mol. The molecule has 5 nitrogen and oxygen atoms in total. The summed E-state index contributed by atoms with van der Waals surface area (Å²) in [4.78, 5) is 11.7. The van der Waals surface area contributed by atoms with E-state index in [0.29, 0.717) is 11.8 Å². The van der Waals surface area contributed by atoms with Gasteiger partial charge in [0.1, 0.15) is 11.0 Å². The molecular formula is C56H39N3O2. The van der Waals surface area contributed by atoms with Crippen LogP contribution in [0.2, 0.25) is 0 Å². The number of benzene rings is 8. The number of allylic oxidation sites excluding steroid dienone is 4. The van der Waals surface area contributed by atoms with Gasteiger partial charge in [-0.2, -0.15) is 0 Å². The van der Waals surface area contributed by atoms with Crippen molar-refractivity contribution >= 4 is 45.3 Å². The Kier molecular flexibility index (Phi) is 10.0. The summed E-state index contributed by atoms with van der Waals surface area (Å²) in [5, 5.41) is 0. The molecule has 0 fully saturated rings. The van der Waals surface area contributed by atoms with E-state index in [4.69, 9.17) is 18.8 Å². The summed E-state index contributed by atoms with van der Waals surface area (Å²) in [6.45, 7) is 3.86. The Hall–Kier alpha value is -8.28. The van der Waals surface area contributed by atoms with Crippen LogP contribution in [0, 0.1) is 0 Å². The number of fused-ring (bicyclic) bond motifs is 2. The number of oxazole rings is 2. The fourth-order valence-corrected chi connectivity index (χ4v) is 7.78. The lowest BCUT2D eigenvalue weighted by Crippen LogP contribution is -2.09. The standard InChI is InChI=1S/C56H39N3O2/c1-2-3-4-7-20-44-37-45(39-16-8-5-9-17-39)38-49(40-18-10-6-11-19-40)54(44)41-25-31-46(32-26-41)59(47-33-27-42(28-34-47)55-57-50-21-12-14-23-52(50)60-55)48-35-29-43(30-36-48)56-58-51-22-13-15-24-53(51)61-56/h2-38H,1H2/b4-3-,20-7+. The molecule has 10 aromatic rings. The van der Waals surface area contributed by atoms with Gasteiger partial charge in [-0.1, -0.05) is 134 Å². The van der Waals surface area contributed by atoms with Crippen LogP contribution < -0.4 is 4.90 Å². The average Bonchev–Trinajstić information content (AvgIpc) is 3.97. The Morgan fingerprint density at radius 1 is 0.410 bits per heavy atom. The predicted octanol–water partition coefficient (Wildman–Crippen LogP) is 15.5. The van der Waals surface area contributed by atoms with Crippen molar-refractivity contribution in [2.45, 2.75) is 0 Å². The van der Waals surface area contributed by atoms with Gasteiger partial charge in [0, 0.05) is 28.2 Å². The van der Waals surface area contributed by atoms with E-state index in [2.05, 4.69) is 169 Å². The lowest BCUT2D eigenvalue weighted by molar-refractivity contribution is 0.619. The van der Waals surface area contributed by atoms with Crippen LogP contribution in [0.1, 0.15) is 5.56 Å². The zero-order valence-corrected chi connectivity index (χ0v) is 33.2. The maximum absolute atomic E-state index is 6.12. The molecular weight excluding hydrogens is 747 g/mol. The van der Waals surface area contributed by atoms with E-state index in [-0.39, 0.29) is 0 Å². The van der Waals surface area contributed by atoms with Crippen LogP contribution in [0.3, 0.4) is 0 Å². The van der Waals surface area contributed by atoms with Gasteiger partial charge in [0.15, 0.2) is 11.2 Å². The summed E-state index contributed by atoms with van der Waals surface area (Å²) in [7, 11) is 0. The maximum Gasteiger partial charge on any atom is 0.227 e. The van der Waals surface area contributed by atoms with Gasteiger partial charge >= 0.3 is 0 Å². The van der Waals surface area contributed by atoms with Gasteiger partial charge in [-0.15, -0.1) is 0 Å². The van der Waals surface area contributed by atoms with E-state index < -0.39 is 0 Å². The highest BCUT2D eigenvalue weighted by molar-refractivity contribution is 5.94. The molecule has 2 heterocycles. The molecule has 0 radical (unpaired) electrons. The molecule has 0 spiro atoms. The van der Waals surface area contributed by atoms with Crippen LogP contribution in [0.25, 0.3) is 84.6 Å². The minimum atomic E-state index is 0.587. The van der Waals surface area contributed by atoms with Crippen LogP contribution >= 0.6 is 0 Å². The number of hydrogen-bond donors (Lipinski definition) is 0. The van der Waals surface area contributed by atoms with Gasteiger partial charge in [-0.05, 0) is 136 Å². The van der Waals surface area contributed by atoms with E-state index in [0.717, 1.165) is 89.3 Å². The van der Waals surface area contributed by atoms with Crippen LogP contribution in [-0.4, -0.2) is 9.97 Å². The fourth-order valence-electron chi connectivity index (χ4n) is 7.78. The molecule has 0 atom stereocenters. The first-order valence-electron chi connectivity index (χ1n) is 20.3. The number of anilines is 3. The molecule has 10 rings (SSSR count). The molecule has 290 valence electrons. The summed E-state index contributed by atoms with van der Waals surface area (Å²) in [6, 6.07) is 67.0. The lowest BCUT2D eigenvalue weighted by atomic mass is 9.87. The Bertz CT molecular complexity index is 2990. The van der Waals surface area contributed by atoms with E-state index in [1.165, 1.54) is 0 Å². The molecule has 0 unspecified atom stereocenters. The van der Waals surface area contributed by atoms with Gasteiger partial charge < -0.3 is 13.7 Å². The normalized spacial score (nSPS) is 11.5. The first-order valence-corrected chi connectivity index (χ1v) is 20.3. The second kappa shape index (κ2) is 16.5. The van der Waals surface area contributed by atoms with Gasteiger partial charge in [0.05, 0.1) is 0 Å². The number of rotatable bonds is 11. The van der Waals surface area contributed by atoms with Crippen molar-refractivity contribution in [3.63, 3.8) is 0 Å². The summed E-state index contributed by atoms with van der Waals surface area (Å²) in [6.07, 6.45) is 10.0. The Balaban J connectivity index is 1.08. The van der Waals surface area contributed by atoms with Crippen molar-refractivity contribution in [2.75, 3.05) is 4.90 Å². The highest BCUT2D eigenvalue weighted by Gasteiger charge is 2.19. The van der Waals surface area contributed by atoms with Crippen molar-refractivity contribution in [2.24, 2.45) is 0 Å². The Labute approximate surface area is 354 Å². The summed E-state index contributed by atoms with van der Waals surface area (Å²) in [5.74, 6) is 1.17. The molecule has 0 aliphatic heterocycles. The zero-order valence-electron chi connectivity index (χ0n) is 33.2. The van der Waals surface area contributed by atoms with Crippen molar-refractivity contribution in [1.29, 1.82) is 0 Å². The largest absolute Gasteiger partial charge is 0.436 e. The molecule has 0 bridgehead atoms. The third-order valence-electron chi connectivity index (χ3n) is 10.7. The highest BCUT2D eigenvalue weighted by Crippen LogP contribution is 2.42. The van der Waals surface area contributed by atoms with Gasteiger partial charge in [0.25, 0.3) is 0 Å². The first-order chi connectivity index (χ1) is 30.2. The summed E-state index contributed by atoms with van der Waals surface area (Å²) in [5.41, 5.74) is 16.0. The van der Waals surface area contributed by atoms with E-state index in [1.54, 1.807) is 6.08 Å². The van der Waals surface area contributed by atoms with Crippen LogP contribution in [0.5, 0.6) is 0 Å². The predicted molar refractivity (Wildman–Crippen MR) is 252 cm³/mol. The Morgan fingerprint density at radius 3 is 1.39 bits per heavy atom. The zero-order chi connectivity index (χ0) is 41.0. The second-order valence-corrected chi connectivity index (χ2v) is 14.6. The third-order valence-corrected chi connectivity index (χ3v) is 10.7. The number of para-hydroxylation sites is 4. The molecule has 0 amide bonds. The molecule has 0 saturated carbocycles. The number of hydrogen-bond acceptors (Lipinski definition) is 5. The van der Waals surface area contributed by atoms with Gasteiger partial charge in [-0.25, -0.2) is 9.97 Å². The molecule has 2 aromatic heterocycles. The summed E-state index contributed by atoms with van der Waals surface area (Å²) < 4.78 is 12.2.